The van der Waals surface area contributed by atoms with Gasteiger partial charge in [-0.2, -0.15) is 0 Å². The highest BCUT2D eigenvalue weighted by atomic mass is 127. The van der Waals surface area contributed by atoms with Crippen LogP contribution in [0.4, 0.5) is 5.69 Å². The van der Waals surface area contributed by atoms with Crippen LogP contribution >= 0.6 is 34.8 Å². The summed E-state index contributed by atoms with van der Waals surface area (Å²) >= 11 is 7.37. The molecule has 164 valence electrons. The minimum atomic E-state index is -0.554. The Morgan fingerprint density at radius 2 is 1.91 bits per heavy atom. The van der Waals surface area contributed by atoms with Gasteiger partial charge in [-0.1, -0.05) is 25.0 Å². The summed E-state index contributed by atoms with van der Waals surface area (Å²) in [5.41, 5.74) is 2.30. The van der Waals surface area contributed by atoms with Crippen LogP contribution in [0.1, 0.15) is 25.0 Å². The van der Waals surface area contributed by atoms with E-state index in [1.807, 2.05) is 38.1 Å². The third-order valence-corrected chi connectivity index (χ3v) is 5.73. The third kappa shape index (κ3) is 5.11. The molecule has 0 saturated carbocycles. The predicted molar refractivity (Wildman–Crippen MR) is 137 cm³/mol. The lowest BCUT2D eigenvalue weighted by atomic mass is 10.1. The molecule has 1 fully saturated rings. The fraction of sp³-hybridized carbons (Fsp3) is 0.208. The summed E-state index contributed by atoms with van der Waals surface area (Å²) in [7, 11) is 0. The van der Waals surface area contributed by atoms with E-state index < -0.39 is 11.8 Å². The number of hydrogen-bond donors (Lipinski definition) is 1. The van der Waals surface area contributed by atoms with Crippen molar-refractivity contribution in [3.63, 3.8) is 0 Å². The molecule has 0 atom stereocenters. The van der Waals surface area contributed by atoms with Gasteiger partial charge in [-0.05, 0) is 89.6 Å². The van der Waals surface area contributed by atoms with E-state index in [4.69, 9.17) is 28.1 Å². The number of hydrogen-bond acceptors (Lipinski definition) is 5. The molecule has 0 unspecified atom stereocenters. The standard InChI is InChI=1S/C24H21IN2O4S/c1-4-11-31-21-19(25)13-16(14-20(21)30-6-3)12-18-22(28)26-24(32)27(23(18)29)17-9-7-15(5-2)8-10-17/h1,7-10,12-14H,5-6,11H2,2-3H3,(H,26,28,32)/b18-12+. The van der Waals surface area contributed by atoms with Gasteiger partial charge < -0.3 is 9.47 Å². The molecule has 2 aromatic carbocycles. The first-order valence-corrected chi connectivity index (χ1v) is 11.4. The molecule has 1 aliphatic rings. The average molecular weight is 560 g/mol. The van der Waals surface area contributed by atoms with Gasteiger partial charge in [0.05, 0.1) is 15.9 Å². The molecule has 2 amide bonds. The van der Waals surface area contributed by atoms with Crippen LogP contribution in [0.25, 0.3) is 6.08 Å². The van der Waals surface area contributed by atoms with E-state index in [0.717, 1.165) is 15.6 Å². The van der Waals surface area contributed by atoms with Crippen LogP contribution in [-0.4, -0.2) is 30.1 Å². The zero-order valence-electron chi connectivity index (χ0n) is 17.6. The van der Waals surface area contributed by atoms with Crippen molar-refractivity contribution in [3.8, 4) is 23.8 Å². The van der Waals surface area contributed by atoms with Crippen molar-refractivity contribution in [2.24, 2.45) is 0 Å². The van der Waals surface area contributed by atoms with Crippen LogP contribution < -0.4 is 19.7 Å². The summed E-state index contributed by atoms with van der Waals surface area (Å²) in [5.74, 6) is 2.38. The van der Waals surface area contributed by atoms with Crippen molar-refractivity contribution >= 4 is 63.5 Å². The average Bonchev–Trinajstić information content (AvgIpc) is 2.76. The first kappa shape index (κ1) is 23.8. The number of carbonyl (C=O) groups is 2. The maximum absolute atomic E-state index is 13.2. The highest BCUT2D eigenvalue weighted by molar-refractivity contribution is 14.1. The third-order valence-electron chi connectivity index (χ3n) is 4.65. The molecule has 1 saturated heterocycles. The summed E-state index contributed by atoms with van der Waals surface area (Å²) in [6.45, 7) is 4.41. The number of benzene rings is 2. The fourth-order valence-electron chi connectivity index (χ4n) is 3.13. The number of aryl methyl sites for hydroxylation is 1. The molecule has 1 N–H and O–H groups in total. The Morgan fingerprint density at radius 1 is 1.19 bits per heavy atom. The maximum atomic E-state index is 13.2. The molecular formula is C24H21IN2O4S. The summed E-state index contributed by atoms with van der Waals surface area (Å²) in [4.78, 5) is 27.2. The van der Waals surface area contributed by atoms with Gasteiger partial charge in [-0.15, -0.1) is 6.42 Å². The Kier molecular flexibility index (Phi) is 7.88. The van der Waals surface area contributed by atoms with Crippen molar-refractivity contribution in [2.45, 2.75) is 20.3 Å². The van der Waals surface area contributed by atoms with Gasteiger partial charge in [-0.3, -0.25) is 19.8 Å². The summed E-state index contributed by atoms with van der Waals surface area (Å²) in [6, 6.07) is 11.0. The number of amides is 2. The number of anilines is 1. The number of nitrogens with one attached hydrogen (secondary N) is 1. The second-order valence-electron chi connectivity index (χ2n) is 6.73. The minimum absolute atomic E-state index is 0.0336. The van der Waals surface area contributed by atoms with E-state index in [-0.39, 0.29) is 17.3 Å². The molecule has 2 aromatic rings. The number of carbonyl (C=O) groups excluding carboxylic acids is 2. The van der Waals surface area contributed by atoms with Crippen LogP contribution in [0.2, 0.25) is 0 Å². The number of terminal acetylenes is 1. The number of halogens is 1. The van der Waals surface area contributed by atoms with E-state index in [2.05, 4.69) is 33.8 Å². The fourth-order valence-corrected chi connectivity index (χ4v) is 4.19. The first-order valence-electron chi connectivity index (χ1n) is 9.92. The van der Waals surface area contributed by atoms with Crippen molar-refractivity contribution in [1.29, 1.82) is 0 Å². The number of rotatable bonds is 7. The molecule has 3 rings (SSSR count). The van der Waals surface area contributed by atoms with Crippen molar-refractivity contribution in [1.82, 2.24) is 5.32 Å². The van der Waals surface area contributed by atoms with Crippen molar-refractivity contribution < 1.29 is 19.1 Å². The van der Waals surface area contributed by atoms with Gasteiger partial charge in [0, 0.05) is 0 Å². The van der Waals surface area contributed by atoms with Gasteiger partial charge in [0.15, 0.2) is 16.6 Å². The Balaban J connectivity index is 2.00. The molecule has 0 bridgehead atoms. The second-order valence-corrected chi connectivity index (χ2v) is 8.28. The molecule has 1 aliphatic heterocycles. The molecular weight excluding hydrogens is 539 g/mol. The normalized spacial score (nSPS) is 14.9. The second kappa shape index (κ2) is 10.6. The molecule has 1 heterocycles. The van der Waals surface area contributed by atoms with Crippen LogP contribution in [0.5, 0.6) is 11.5 Å². The zero-order valence-corrected chi connectivity index (χ0v) is 20.6. The monoisotopic (exact) mass is 560 g/mol. The lowest BCUT2D eigenvalue weighted by Crippen LogP contribution is -2.54. The lowest BCUT2D eigenvalue weighted by molar-refractivity contribution is -0.122. The zero-order chi connectivity index (χ0) is 23.3. The van der Waals surface area contributed by atoms with Crippen molar-refractivity contribution in [3.05, 3.63) is 56.7 Å². The predicted octanol–water partition coefficient (Wildman–Crippen LogP) is 4.10. The smallest absolute Gasteiger partial charge is 0.270 e. The molecule has 0 aliphatic carbocycles. The van der Waals surface area contributed by atoms with E-state index in [1.165, 1.54) is 11.0 Å². The molecule has 0 radical (unpaired) electrons. The number of nitrogens with zero attached hydrogens (tertiary/aromatic N) is 1. The quantitative estimate of drug-likeness (QED) is 0.182. The topological polar surface area (TPSA) is 67.9 Å². The van der Waals surface area contributed by atoms with Crippen molar-refractivity contribution in [2.75, 3.05) is 18.1 Å². The highest BCUT2D eigenvalue weighted by Crippen LogP contribution is 2.35. The maximum Gasteiger partial charge on any atom is 0.270 e. The molecule has 8 heteroatoms. The summed E-state index contributed by atoms with van der Waals surface area (Å²) in [6.07, 6.45) is 7.69. The lowest BCUT2D eigenvalue weighted by Gasteiger charge is -2.29. The van der Waals surface area contributed by atoms with Crippen LogP contribution in [0.15, 0.2) is 42.0 Å². The van der Waals surface area contributed by atoms with Gasteiger partial charge in [0.25, 0.3) is 11.8 Å². The molecule has 32 heavy (non-hydrogen) atoms. The molecule has 6 nitrogen and oxygen atoms in total. The van der Waals surface area contributed by atoms with E-state index in [0.29, 0.717) is 29.4 Å². The molecule has 0 spiro atoms. The Bertz CT molecular complexity index is 1140. The largest absolute Gasteiger partial charge is 0.490 e. The molecule has 0 aromatic heterocycles. The van der Waals surface area contributed by atoms with Crippen LogP contribution in [0.3, 0.4) is 0 Å². The van der Waals surface area contributed by atoms with E-state index in [1.54, 1.807) is 12.1 Å². The summed E-state index contributed by atoms with van der Waals surface area (Å²) in [5, 5.41) is 2.65. The van der Waals surface area contributed by atoms with Gasteiger partial charge in [0.2, 0.25) is 0 Å². The number of ether oxygens (including phenoxy) is 2. The van der Waals surface area contributed by atoms with Gasteiger partial charge in [0.1, 0.15) is 12.2 Å². The SMILES string of the molecule is C#CCOc1c(I)cc(/C=C2\C(=O)NC(=S)N(c3ccc(CC)cc3)C2=O)cc1OCC. The van der Waals surface area contributed by atoms with E-state index in [9.17, 15) is 9.59 Å². The van der Waals surface area contributed by atoms with Crippen LogP contribution in [0, 0.1) is 15.9 Å². The number of thiocarbonyl (C=S) groups is 1. The van der Waals surface area contributed by atoms with Gasteiger partial charge >= 0.3 is 0 Å². The Hall–Kier alpha value is -2.90. The first-order chi connectivity index (χ1) is 15.4. The highest BCUT2D eigenvalue weighted by Gasteiger charge is 2.34. The van der Waals surface area contributed by atoms with Gasteiger partial charge in [-0.25, -0.2) is 0 Å². The summed E-state index contributed by atoms with van der Waals surface area (Å²) < 4.78 is 12.0. The minimum Gasteiger partial charge on any atom is -0.490 e. The Morgan fingerprint density at radius 3 is 2.53 bits per heavy atom. The Labute approximate surface area is 206 Å². The van der Waals surface area contributed by atoms with E-state index >= 15 is 0 Å². The van der Waals surface area contributed by atoms with Crippen LogP contribution in [-0.2, 0) is 16.0 Å².